The summed E-state index contributed by atoms with van der Waals surface area (Å²) in [6, 6.07) is 6.97. The smallest absolute Gasteiger partial charge is 0.270 e. The van der Waals surface area contributed by atoms with Crippen LogP contribution in [0.25, 0.3) is 0 Å². The van der Waals surface area contributed by atoms with E-state index in [1.807, 2.05) is 0 Å². The van der Waals surface area contributed by atoms with Crippen molar-refractivity contribution < 1.29 is 17.6 Å². The maximum absolute atomic E-state index is 13.7. The minimum Gasteiger partial charge on any atom is -0.347 e. The van der Waals surface area contributed by atoms with E-state index in [0.717, 1.165) is 11.3 Å². The summed E-state index contributed by atoms with van der Waals surface area (Å²) < 4.78 is 35.9. The Hall–Kier alpha value is -1.15. The molecule has 0 aliphatic heterocycles. The van der Waals surface area contributed by atoms with Crippen molar-refractivity contribution >= 4 is 48.6 Å². The molecule has 0 spiro atoms. The fourth-order valence-electron chi connectivity index (χ4n) is 1.53. The van der Waals surface area contributed by atoms with Crippen LogP contribution in [0.1, 0.15) is 15.2 Å². The zero-order chi connectivity index (χ0) is 15.6. The monoisotopic (exact) mass is 367 g/mol. The van der Waals surface area contributed by atoms with Crippen molar-refractivity contribution in [2.45, 2.75) is 10.8 Å². The molecule has 0 aliphatic carbocycles. The van der Waals surface area contributed by atoms with Crippen LogP contribution in [0.2, 0.25) is 5.02 Å². The number of carbonyl (C=O) groups excluding carboxylic acids is 1. The van der Waals surface area contributed by atoms with E-state index < -0.39 is 20.8 Å². The molecule has 2 aromatic rings. The van der Waals surface area contributed by atoms with Gasteiger partial charge < -0.3 is 5.32 Å². The second-order valence-corrected chi connectivity index (χ2v) is 8.31. The van der Waals surface area contributed by atoms with Crippen LogP contribution in [0.3, 0.4) is 0 Å². The average Bonchev–Trinajstić information content (AvgIpc) is 2.88. The predicted molar refractivity (Wildman–Crippen MR) is 79.9 cm³/mol. The first-order valence-corrected chi connectivity index (χ1v) is 9.05. The second-order valence-electron chi connectivity index (χ2n) is 3.94. The molecule has 21 heavy (non-hydrogen) atoms. The van der Waals surface area contributed by atoms with Crippen LogP contribution in [-0.2, 0) is 15.6 Å². The predicted octanol–water partition coefficient (Wildman–Crippen LogP) is 3.40. The molecular weight excluding hydrogens is 360 g/mol. The molecule has 1 heterocycles. The molecule has 1 aromatic heterocycles. The van der Waals surface area contributed by atoms with Gasteiger partial charge in [-0.25, -0.2) is 12.8 Å². The minimum atomic E-state index is -3.78. The second kappa shape index (κ2) is 6.31. The molecule has 2 rings (SSSR count). The first kappa shape index (κ1) is 16.2. The largest absolute Gasteiger partial charge is 0.347 e. The number of hydrogen-bond acceptors (Lipinski definition) is 4. The lowest BCUT2D eigenvalue weighted by molar-refractivity contribution is 0.0947. The summed E-state index contributed by atoms with van der Waals surface area (Å²) >= 11 is 6.52. The normalized spacial score (nSPS) is 11.4. The van der Waals surface area contributed by atoms with Crippen LogP contribution in [0.15, 0.2) is 34.5 Å². The first-order valence-electron chi connectivity index (χ1n) is 5.54. The Morgan fingerprint density at radius 3 is 2.62 bits per heavy atom. The van der Waals surface area contributed by atoms with Gasteiger partial charge in [-0.1, -0.05) is 17.7 Å². The Morgan fingerprint density at radius 2 is 2.00 bits per heavy atom. The maximum atomic E-state index is 13.7. The van der Waals surface area contributed by atoms with Gasteiger partial charge in [0.15, 0.2) is 5.82 Å². The molecule has 4 nitrogen and oxygen atoms in total. The van der Waals surface area contributed by atoms with Crippen molar-refractivity contribution in [1.82, 2.24) is 5.32 Å². The van der Waals surface area contributed by atoms with E-state index >= 15 is 0 Å². The molecule has 1 N–H and O–H groups in total. The number of halogens is 3. The van der Waals surface area contributed by atoms with Crippen LogP contribution >= 0.6 is 33.6 Å². The number of hydrogen-bond donors (Lipinski definition) is 1. The third-order valence-electron chi connectivity index (χ3n) is 2.50. The molecule has 0 aliphatic rings. The topological polar surface area (TPSA) is 63.2 Å². The fourth-order valence-corrected chi connectivity index (χ4v) is 3.76. The summed E-state index contributed by atoms with van der Waals surface area (Å²) in [6.45, 7) is 0.0574. The molecule has 9 heteroatoms. The Morgan fingerprint density at radius 1 is 1.29 bits per heavy atom. The van der Waals surface area contributed by atoms with Crippen molar-refractivity contribution in [1.29, 1.82) is 0 Å². The Bertz CT molecular complexity index is 790. The molecule has 1 amide bonds. The number of nitrogens with one attached hydrogen (secondary N) is 1. The number of benzene rings is 1. The molecule has 0 saturated carbocycles. The van der Waals surface area contributed by atoms with E-state index in [0.29, 0.717) is 4.88 Å². The van der Waals surface area contributed by atoms with E-state index in [9.17, 15) is 17.6 Å². The number of carbonyl (C=O) groups is 1. The quantitative estimate of drug-likeness (QED) is 0.842. The molecule has 0 atom stereocenters. The number of thiophene rings is 1. The summed E-state index contributed by atoms with van der Waals surface area (Å²) in [7, 11) is 1.42. The van der Waals surface area contributed by atoms with E-state index in [-0.39, 0.29) is 21.3 Å². The Labute approximate surface area is 133 Å². The third kappa shape index (κ3) is 3.94. The summed E-state index contributed by atoms with van der Waals surface area (Å²) in [5.41, 5.74) is -0.177. The van der Waals surface area contributed by atoms with Crippen molar-refractivity contribution in [3.8, 4) is 0 Å². The molecule has 0 radical (unpaired) electrons. The van der Waals surface area contributed by atoms with Crippen LogP contribution < -0.4 is 5.32 Å². The Balaban J connectivity index is 2.08. The third-order valence-corrected chi connectivity index (χ3v) is 5.97. The standard InChI is InChI=1S/C12H8Cl2FNO3S2/c13-9-3-1-2-8(11(9)15)12(17)16-6-7-4-5-10(20-7)21(14,18)19/h1-5H,6H2,(H,16,17). The summed E-state index contributed by atoms with van der Waals surface area (Å²) in [5.74, 6) is -1.44. The van der Waals surface area contributed by atoms with Gasteiger partial charge in [0.05, 0.1) is 17.1 Å². The lowest BCUT2D eigenvalue weighted by Gasteiger charge is -2.05. The van der Waals surface area contributed by atoms with Crippen LogP contribution in [-0.4, -0.2) is 14.3 Å². The van der Waals surface area contributed by atoms with Gasteiger partial charge in [-0.15, -0.1) is 11.3 Å². The highest BCUT2D eigenvalue weighted by Gasteiger charge is 2.16. The molecule has 0 fully saturated rings. The lowest BCUT2D eigenvalue weighted by atomic mass is 10.2. The van der Waals surface area contributed by atoms with Gasteiger partial charge in [-0.3, -0.25) is 4.79 Å². The van der Waals surface area contributed by atoms with Crippen molar-refractivity contribution in [3.63, 3.8) is 0 Å². The van der Waals surface area contributed by atoms with Gasteiger partial charge in [0.2, 0.25) is 0 Å². The van der Waals surface area contributed by atoms with Gasteiger partial charge in [-0.2, -0.15) is 0 Å². The van der Waals surface area contributed by atoms with E-state index in [2.05, 4.69) is 5.32 Å². The number of amides is 1. The maximum Gasteiger partial charge on any atom is 0.270 e. The summed E-state index contributed by atoms with van der Waals surface area (Å²) in [4.78, 5) is 12.4. The zero-order valence-corrected chi connectivity index (χ0v) is 13.4. The van der Waals surface area contributed by atoms with Crippen LogP contribution in [0.5, 0.6) is 0 Å². The first-order chi connectivity index (χ1) is 9.79. The van der Waals surface area contributed by atoms with Gasteiger partial charge >= 0.3 is 0 Å². The summed E-state index contributed by atoms with van der Waals surface area (Å²) in [6.07, 6.45) is 0. The molecule has 0 unspecified atom stereocenters. The highest BCUT2D eigenvalue weighted by Crippen LogP contribution is 2.25. The van der Waals surface area contributed by atoms with E-state index in [4.69, 9.17) is 22.3 Å². The van der Waals surface area contributed by atoms with Crippen molar-refractivity contribution in [2.75, 3.05) is 0 Å². The zero-order valence-electron chi connectivity index (χ0n) is 10.3. The molecule has 0 saturated heterocycles. The van der Waals surface area contributed by atoms with Gasteiger partial charge in [0.1, 0.15) is 4.21 Å². The summed E-state index contributed by atoms with van der Waals surface area (Å²) in [5, 5.41) is 2.34. The number of rotatable bonds is 4. The molecule has 112 valence electrons. The highest BCUT2D eigenvalue weighted by atomic mass is 35.7. The van der Waals surface area contributed by atoms with E-state index in [1.54, 1.807) is 0 Å². The van der Waals surface area contributed by atoms with Crippen molar-refractivity contribution in [3.05, 3.63) is 51.6 Å². The van der Waals surface area contributed by atoms with Crippen molar-refractivity contribution in [2.24, 2.45) is 0 Å². The van der Waals surface area contributed by atoms with Gasteiger partial charge in [0, 0.05) is 15.6 Å². The molecular formula is C12H8Cl2FNO3S2. The van der Waals surface area contributed by atoms with E-state index in [1.165, 1.54) is 30.3 Å². The van der Waals surface area contributed by atoms with Gasteiger partial charge in [0.25, 0.3) is 15.0 Å². The Kier molecular flexibility index (Phi) is 4.88. The van der Waals surface area contributed by atoms with Crippen LogP contribution in [0.4, 0.5) is 4.39 Å². The highest BCUT2D eigenvalue weighted by molar-refractivity contribution is 8.15. The lowest BCUT2D eigenvalue weighted by Crippen LogP contribution is -2.23. The average molecular weight is 368 g/mol. The SMILES string of the molecule is O=C(NCc1ccc(S(=O)(=O)Cl)s1)c1cccc(Cl)c1F. The minimum absolute atomic E-state index is 0.0117. The molecule has 1 aromatic carbocycles. The van der Waals surface area contributed by atoms with Gasteiger partial charge in [-0.05, 0) is 24.3 Å². The fraction of sp³-hybridized carbons (Fsp3) is 0.0833. The van der Waals surface area contributed by atoms with Crippen LogP contribution in [0, 0.1) is 5.82 Å². The molecule has 0 bridgehead atoms.